The Morgan fingerprint density at radius 2 is 1.67 bits per heavy atom. The third-order valence-electron chi connectivity index (χ3n) is 3.83. The molecule has 0 aromatic heterocycles. The second-order valence-electron chi connectivity index (χ2n) is 6.87. The van der Waals surface area contributed by atoms with Crippen molar-refractivity contribution in [2.24, 2.45) is 0 Å². The SMILES string of the molecule is CC(C)(C)c1ccc(/C=C/C(=O)NCCc2ccc(F)cc2)cc1. The topological polar surface area (TPSA) is 29.1 Å². The van der Waals surface area contributed by atoms with Gasteiger partial charge in [-0.25, -0.2) is 4.39 Å². The molecule has 126 valence electrons. The molecule has 0 bridgehead atoms. The van der Waals surface area contributed by atoms with Crippen LogP contribution < -0.4 is 5.32 Å². The molecule has 0 heterocycles. The average molecular weight is 325 g/mol. The number of benzene rings is 2. The smallest absolute Gasteiger partial charge is 0.244 e. The lowest BCUT2D eigenvalue weighted by Crippen LogP contribution is -2.23. The molecule has 0 atom stereocenters. The van der Waals surface area contributed by atoms with Gasteiger partial charge in [-0.3, -0.25) is 4.79 Å². The van der Waals surface area contributed by atoms with E-state index in [9.17, 15) is 9.18 Å². The van der Waals surface area contributed by atoms with Crippen molar-refractivity contribution >= 4 is 12.0 Å². The van der Waals surface area contributed by atoms with Gasteiger partial charge in [0.25, 0.3) is 0 Å². The fourth-order valence-electron chi connectivity index (χ4n) is 2.31. The van der Waals surface area contributed by atoms with Gasteiger partial charge in [-0.05, 0) is 46.7 Å². The van der Waals surface area contributed by atoms with Gasteiger partial charge in [0, 0.05) is 12.6 Å². The van der Waals surface area contributed by atoms with Crippen LogP contribution in [0.4, 0.5) is 4.39 Å². The quantitative estimate of drug-likeness (QED) is 0.806. The summed E-state index contributed by atoms with van der Waals surface area (Å²) in [6.07, 6.45) is 4.02. The van der Waals surface area contributed by atoms with Crippen LogP contribution in [0.2, 0.25) is 0 Å². The molecular formula is C21H24FNO. The maximum absolute atomic E-state index is 12.8. The monoisotopic (exact) mass is 325 g/mol. The summed E-state index contributed by atoms with van der Waals surface area (Å²) in [5.41, 5.74) is 3.39. The number of halogens is 1. The molecule has 2 aromatic rings. The third-order valence-corrected chi connectivity index (χ3v) is 3.83. The number of nitrogens with one attached hydrogen (secondary N) is 1. The Morgan fingerprint density at radius 1 is 1.04 bits per heavy atom. The maximum Gasteiger partial charge on any atom is 0.244 e. The van der Waals surface area contributed by atoms with E-state index in [1.807, 2.05) is 12.1 Å². The Morgan fingerprint density at radius 3 is 2.25 bits per heavy atom. The largest absolute Gasteiger partial charge is 0.352 e. The molecule has 3 heteroatoms. The first kappa shape index (κ1) is 17.9. The van der Waals surface area contributed by atoms with Crippen molar-refractivity contribution in [3.8, 4) is 0 Å². The lowest BCUT2D eigenvalue weighted by atomic mass is 9.87. The lowest BCUT2D eigenvalue weighted by Gasteiger charge is -2.18. The molecule has 0 aliphatic heterocycles. The van der Waals surface area contributed by atoms with Crippen LogP contribution in [0.5, 0.6) is 0 Å². The zero-order valence-electron chi connectivity index (χ0n) is 14.5. The van der Waals surface area contributed by atoms with E-state index in [1.165, 1.54) is 23.8 Å². The Balaban J connectivity index is 1.81. The van der Waals surface area contributed by atoms with Gasteiger partial charge in [0.05, 0.1) is 0 Å². The summed E-state index contributed by atoms with van der Waals surface area (Å²) in [6, 6.07) is 14.5. The van der Waals surface area contributed by atoms with Crippen LogP contribution in [-0.4, -0.2) is 12.5 Å². The van der Waals surface area contributed by atoms with Crippen LogP contribution in [0.3, 0.4) is 0 Å². The normalized spacial score (nSPS) is 11.7. The van der Waals surface area contributed by atoms with E-state index in [1.54, 1.807) is 18.2 Å². The van der Waals surface area contributed by atoms with Gasteiger partial charge in [-0.15, -0.1) is 0 Å². The standard InChI is InChI=1S/C21H24FNO/c1-21(2,3)18-9-4-16(5-10-18)8-13-20(24)23-15-14-17-6-11-19(22)12-7-17/h4-13H,14-15H2,1-3H3,(H,23,24)/b13-8+. The second-order valence-corrected chi connectivity index (χ2v) is 6.87. The zero-order chi connectivity index (χ0) is 17.6. The molecule has 0 aliphatic carbocycles. The van der Waals surface area contributed by atoms with E-state index in [-0.39, 0.29) is 17.1 Å². The number of rotatable bonds is 5. The van der Waals surface area contributed by atoms with Crippen LogP contribution in [0.1, 0.15) is 37.5 Å². The molecular weight excluding hydrogens is 301 g/mol. The van der Waals surface area contributed by atoms with Crippen molar-refractivity contribution < 1.29 is 9.18 Å². The highest BCUT2D eigenvalue weighted by Crippen LogP contribution is 2.22. The highest BCUT2D eigenvalue weighted by atomic mass is 19.1. The van der Waals surface area contributed by atoms with E-state index in [4.69, 9.17) is 0 Å². The number of carbonyl (C=O) groups is 1. The number of hydrogen-bond acceptors (Lipinski definition) is 1. The number of amides is 1. The van der Waals surface area contributed by atoms with Crippen LogP contribution in [0, 0.1) is 5.82 Å². The molecule has 0 unspecified atom stereocenters. The van der Waals surface area contributed by atoms with Crippen molar-refractivity contribution in [2.75, 3.05) is 6.54 Å². The molecule has 0 radical (unpaired) electrons. The van der Waals surface area contributed by atoms with Crippen LogP contribution >= 0.6 is 0 Å². The van der Waals surface area contributed by atoms with Crippen LogP contribution in [-0.2, 0) is 16.6 Å². The molecule has 0 aliphatic rings. The summed E-state index contributed by atoms with van der Waals surface area (Å²) in [7, 11) is 0. The van der Waals surface area contributed by atoms with Gasteiger partial charge < -0.3 is 5.32 Å². The Kier molecular flexibility index (Phi) is 5.91. The minimum atomic E-state index is -0.247. The molecule has 0 saturated heterocycles. The summed E-state index contributed by atoms with van der Waals surface area (Å²) >= 11 is 0. The summed E-state index contributed by atoms with van der Waals surface area (Å²) in [5.74, 6) is -0.375. The maximum atomic E-state index is 12.8. The van der Waals surface area contributed by atoms with E-state index in [0.29, 0.717) is 13.0 Å². The fraction of sp³-hybridized carbons (Fsp3) is 0.286. The highest BCUT2D eigenvalue weighted by molar-refractivity contribution is 5.91. The van der Waals surface area contributed by atoms with Crippen LogP contribution in [0.25, 0.3) is 6.08 Å². The van der Waals surface area contributed by atoms with Crippen molar-refractivity contribution in [3.05, 3.63) is 77.1 Å². The van der Waals surface area contributed by atoms with Gasteiger partial charge in [0.2, 0.25) is 5.91 Å². The molecule has 1 N–H and O–H groups in total. The highest BCUT2D eigenvalue weighted by Gasteiger charge is 2.12. The van der Waals surface area contributed by atoms with Crippen molar-refractivity contribution in [3.63, 3.8) is 0 Å². The van der Waals surface area contributed by atoms with Gasteiger partial charge in [-0.2, -0.15) is 0 Å². The fourth-order valence-corrected chi connectivity index (χ4v) is 2.31. The minimum Gasteiger partial charge on any atom is -0.352 e. The van der Waals surface area contributed by atoms with Crippen molar-refractivity contribution in [1.29, 1.82) is 0 Å². The number of hydrogen-bond donors (Lipinski definition) is 1. The zero-order valence-corrected chi connectivity index (χ0v) is 14.5. The second kappa shape index (κ2) is 7.91. The summed E-state index contributed by atoms with van der Waals surface area (Å²) in [4.78, 5) is 11.8. The molecule has 2 nitrogen and oxygen atoms in total. The lowest BCUT2D eigenvalue weighted by molar-refractivity contribution is -0.116. The summed E-state index contributed by atoms with van der Waals surface area (Å²) in [6.45, 7) is 7.04. The molecule has 2 rings (SSSR count). The van der Waals surface area contributed by atoms with E-state index >= 15 is 0 Å². The predicted molar refractivity (Wildman–Crippen MR) is 97.3 cm³/mol. The van der Waals surface area contributed by atoms with E-state index in [2.05, 4.69) is 38.2 Å². The van der Waals surface area contributed by atoms with Crippen LogP contribution in [0.15, 0.2) is 54.6 Å². The van der Waals surface area contributed by atoms with Crippen molar-refractivity contribution in [1.82, 2.24) is 5.32 Å². The number of carbonyl (C=O) groups excluding carboxylic acids is 1. The Labute approximate surface area is 143 Å². The molecule has 0 spiro atoms. The predicted octanol–water partition coefficient (Wildman–Crippen LogP) is 4.50. The van der Waals surface area contributed by atoms with E-state index < -0.39 is 0 Å². The van der Waals surface area contributed by atoms with Gasteiger partial charge in [-0.1, -0.05) is 57.2 Å². The third kappa shape index (κ3) is 5.65. The first-order valence-electron chi connectivity index (χ1n) is 8.15. The summed E-state index contributed by atoms with van der Waals surface area (Å²) < 4.78 is 12.8. The van der Waals surface area contributed by atoms with Gasteiger partial charge in [0.15, 0.2) is 0 Å². The molecule has 2 aromatic carbocycles. The Hall–Kier alpha value is -2.42. The van der Waals surface area contributed by atoms with E-state index in [0.717, 1.165) is 11.1 Å². The molecule has 0 saturated carbocycles. The minimum absolute atomic E-state index is 0.125. The molecule has 24 heavy (non-hydrogen) atoms. The average Bonchev–Trinajstić information content (AvgIpc) is 2.54. The van der Waals surface area contributed by atoms with Gasteiger partial charge >= 0.3 is 0 Å². The van der Waals surface area contributed by atoms with Crippen molar-refractivity contribution in [2.45, 2.75) is 32.6 Å². The Bertz CT molecular complexity index is 694. The summed E-state index contributed by atoms with van der Waals surface area (Å²) in [5, 5.41) is 2.83. The first-order valence-corrected chi connectivity index (χ1v) is 8.15. The van der Waals surface area contributed by atoms with Gasteiger partial charge in [0.1, 0.15) is 5.82 Å². The first-order chi connectivity index (χ1) is 11.3. The molecule has 1 amide bonds. The molecule has 0 fully saturated rings.